The number of para-hydroxylation sites is 2. The molecule has 0 radical (unpaired) electrons. The number of fused-ring (bicyclic) bond motifs is 2. The molecule has 1 amide bonds. The molecular formula is C22H22N2O4S. The van der Waals surface area contributed by atoms with Crippen molar-refractivity contribution in [3.63, 3.8) is 0 Å². The Morgan fingerprint density at radius 2 is 2.03 bits per heavy atom. The first kappa shape index (κ1) is 19.5. The van der Waals surface area contributed by atoms with Crippen LogP contribution in [0, 0.1) is 0 Å². The van der Waals surface area contributed by atoms with E-state index < -0.39 is 12.1 Å². The van der Waals surface area contributed by atoms with Gasteiger partial charge >= 0.3 is 5.97 Å². The van der Waals surface area contributed by atoms with Crippen molar-refractivity contribution in [1.29, 1.82) is 0 Å². The topological polar surface area (TPSA) is 81.4 Å². The zero-order chi connectivity index (χ0) is 20.2. The van der Waals surface area contributed by atoms with Gasteiger partial charge in [0.25, 0.3) is 11.1 Å². The third kappa shape index (κ3) is 4.62. The Hall–Kier alpha value is -2.80. The maximum absolute atomic E-state index is 12.5. The highest BCUT2D eigenvalue weighted by atomic mass is 32.2. The number of carbonyl (C=O) groups is 2. The third-order valence-corrected chi connectivity index (χ3v) is 5.75. The standard InChI is InChI=1S/C22H22N2O4S/c1-14(21(26)23-17-11-6-8-15-7-2-3-9-16(15)17)27-20(25)13-29-22-24-18-10-4-5-12-19(18)28-22/h2-5,7,9-10,12,14,17H,6,8,11,13H2,1H3,(H,23,26)/t14-,17+/m1/s1. The SMILES string of the molecule is C[C@@H](OC(=O)CSc1nc2ccccc2o1)C(=O)N[C@H]1CCCc2ccccc21. The molecule has 0 saturated carbocycles. The summed E-state index contributed by atoms with van der Waals surface area (Å²) in [6.07, 6.45) is 2.08. The second-order valence-electron chi connectivity index (χ2n) is 7.02. The Bertz CT molecular complexity index is 999. The fourth-order valence-electron chi connectivity index (χ4n) is 3.51. The van der Waals surface area contributed by atoms with Crippen molar-refractivity contribution in [3.05, 3.63) is 59.7 Å². The van der Waals surface area contributed by atoms with Crippen molar-refractivity contribution in [2.75, 3.05) is 5.75 Å². The number of rotatable bonds is 6. The highest BCUT2D eigenvalue weighted by molar-refractivity contribution is 7.99. The maximum Gasteiger partial charge on any atom is 0.317 e. The molecule has 0 saturated heterocycles. The minimum Gasteiger partial charge on any atom is -0.452 e. The van der Waals surface area contributed by atoms with Crippen LogP contribution in [0.25, 0.3) is 11.1 Å². The van der Waals surface area contributed by atoms with Crippen LogP contribution in [0.1, 0.15) is 36.9 Å². The Balaban J connectivity index is 1.29. The molecule has 2 atom stereocenters. The van der Waals surface area contributed by atoms with Crippen molar-refractivity contribution in [2.45, 2.75) is 43.6 Å². The van der Waals surface area contributed by atoms with E-state index in [4.69, 9.17) is 9.15 Å². The van der Waals surface area contributed by atoms with Crippen molar-refractivity contribution in [2.24, 2.45) is 0 Å². The van der Waals surface area contributed by atoms with E-state index in [0.29, 0.717) is 10.8 Å². The number of ether oxygens (including phenoxy) is 1. The van der Waals surface area contributed by atoms with Gasteiger partial charge in [0, 0.05) is 0 Å². The van der Waals surface area contributed by atoms with E-state index in [-0.39, 0.29) is 17.7 Å². The lowest BCUT2D eigenvalue weighted by atomic mass is 9.87. The number of carbonyl (C=O) groups excluding carboxylic acids is 2. The Morgan fingerprint density at radius 3 is 2.90 bits per heavy atom. The molecule has 1 aliphatic rings. The van der Waals surface area contributed by atoms with E-state index in [1.165, 1.54) is 5.56 Å². The summed E-state index contributed by atoms with van der Waals surface area (Å²) in [4.78, 5) is 29.0. The van der Waals surface area contributed by atoms with Crippen LogP contribution >= 0.6 is 11.8 Å². The van der Waals surface area contributed by atoms with Gasteiger partial charge in [-0.25, -0.2) is 4.98 Å². The van der Waals surface area contributed by atoms with Gasteiger partial charge in [-0.05, 0) is 49.4 Å². The van der Waals surface area contributed by atoms with E-state index in [9.17, 15) is 9.59 Å². The number of aromatic nitrogens is 1. The Morgan fingerprint density at radius 1 is 1.24 bits per heavy atom. The van der Waals surface area contributed by atoms with E-state index in [0.717, 1.165) is 42.1 Å². The number of hydrogen-bond donors (Lipinski definition) is 1. The Kier molecular flexibility index (Phi) is 5.85. The molecule has 7 heteroatoms. The molecule has 150 valence electrons. The quantitative estimate of drug-likeness (QED) is 0.488. The lowest BCUT2D eigenvalue weighted by molar-refractivity contribution is -0.152. The highest BCUT2D eigenvalue weighted by Gasteiger charge is 2.25. The first-order valence-corrected chi connectivity index (χ1v) is 10.6. The number of oxazole rings is 1. The maximum atomic E-state index is 12.5. The lowest BCUT2D eigenvalue weighted by Gasteiger charge is -2.27. The molecule has 1 heterocycles. The van der Waals surface area contributed by atoms with Gasteiger partial charge in [-0.15, -0.1) is 0 Å². The predicted octanol–water partition coefficient (Wildman–Crippen LogP) is 4.05. The molecule has 0 unspecified atom stereocenters. The van der Waals surface area contributed by atoms with Gasteiger partial charge in [0.1, 0.15) is 11.3 Å². The number of esters is 1. The fraction of sp³-hybridized carbons (Fsp3) is 0.318. The monoisotopic (exact) mass is 410 g/mol. The number of nitrogens with one attached hydrogen (secondary N) is 1. The molecule has 3 aromatic rings. The normalized spacial score (nSPS) is 16.8. The van der Waals surface area contributed by atoms with Crippen LogP contribution in [-0.2, 0) is 20.7 Å². The van der Waals surface area contributed by atoms with Crippen LogP contribution in [0.4, 0.5) is 0 Å². The molecule has 1 aliphatic carbocycles. The van der Waals surface area contributed by atoms with Gasteiger partial charge in [0.2, 0.25) is 0 Å². The molecule has 6 nitrogen and oxygen atoms in total. The molecule has 0 spiro atoms. The molecule has 1 N–H and O–H groups in total. The summed E-state index contributed by atoms with van der Waals surface area (Å²) < 4.78 is 10.9. The van der Waals surface area contributed by atoms with Crippen molar-refractivity contribution in [1.82, 2.24) is 10.3 Å². The molecule has 2 aromatic carbocycles. The van der Waals surface area contributed by atoms with E-state index in [2.05, 4.69) is 16.4 Å². The van der Waals surface area contributed by atoms with Crippen LogP contribution in [-0.4, -0.2) is 28.7 Å². The number of benzene rings is 2. The number of amides is 1. The van der Waals surface area contributed by atoms with Crippen molar-refractivity contribution < 1.29 is 18.7 Å². The number of thioether (sulfide) groups is 1. The molecule has 4 rings (SSSR count). The van der Waals surface area contributed by atoms with Crippen molar-refractivity contribution in [3.8, 4) is 0 Å². The predicted molar refractivity (Wildman–Crippen MR) is 111 cm³/mol. The van der Waals surface area contributed by atoms with Crippen LogP contribution < -0.4 is 5.32 Å². The summed E-state index contributed by atoms with van der Waals surface area (Å²) in [5.41, 5.74) is 3.83. The summed E-state index contributed by atoms with van der Waals surface area (Å²) in [5.74, 6) is -0.743. The van der Waals surface area contributed by atoms with Crippen LogP contribution in [0.5, 0.6) is 0 Å². The van der Waals surface area contributed by atoms with Gasteiger partial charge in [0.15, 0.2) is 11.7 Å². The third-order valence-electron chi connectivity index (χ3n) is 4.95. The molecule has 0 fully saturated rings. The summed E-state index contributed by atoms with van der Waals surface area (Å²) in [6.45, 7) is 1.59. The van der Waals surface area contributed by atoms with Gasteiger partial charge in [-0.1, -0.05) is 48.2 Å². The molecule has 1 aromatic heterocycles. The first-order valence-electron chi connectivity index (χ1n) is 9.66. The average molecular weight is 410 g/mol. The summed E-state index contributed by atoms with van der Waals surface area (Å²) in [7, 11) is 0. The Labute approximate surface area is 173 Å². The van der Waals surface area contributed by atoms with Crippen LogP contribution in [0.2, 0.25) is 0 Å². The van der Waals surface area contributed by atoms with Gasteiger partial charge in [-0.3, -0.25) is 9.59 Å². The number of hydrogen-bond acceptors (Lipinski definition) is 6. The second-order valence-corrected chi connectivity index (χ2v) is 7.95. The summed E-state index contributed by atoms with van der Waals surface area (Å²) >= 11 is 1.15. The van der Waals surface area contributed by atoms with E-state index in [1.54, 1.807) is 6.92 Å². The van der Waals surface area contributed by atoms with Gasteiger partial charge < -0.3 is 14.5 Å². The second kappa shape index (κ2) is 8.69. The molecule has 0 bridgehead atoms. The average Bonchev–Trinajstić information content (AvgIpc) is 3.15. The molecular weight excluding hydrogens is 388 g/mol. The van der Waals surface area contributed by atoms with E-state index in [1.807, 2.05) is 42.5 Å². The zero-order valence-electron chi connectivity index (χ0n) is 16.1. The van der Waals surface area contributed by atoms with Gasteiger partial charge in [-0.2, -0.15) is 0 Å². The molecule has 0 aliphatic heterocycles. The van der Waals surface area contributed by atoms with E-state index >= 15 is 0 Å². The molecule has 29 heavy (non-hydrogen) atoms. The minimum absolute atomic E-state index is 0.0245. The zero-order valence-corrected chi connectivity index (χ0v) is 16.9. The summed E-state index contributed by atoms with van der Waals surface area (Å²) in [6, 6.07) is 15.5. The van der Waals surface area contributed by atoms with Gasteiger partial charge in [0.05, 0.1) is 6.04 Å². The fourth-order valence-corrected chi connectivity index (χ4v) is 4.13. The highest BCUT2D eigenvalue weighted by Crippen LogP contribution is 2.29. The van der Waals surface area contributed by atoms with Crippen molar-refractivity contribution >= 4 is 34.7 Å². The first-order chi connectivity index (χ1) is 14.1. The van der Waals surface area contributed by atoms with Crippen LogP contribution in [0.15, 0.2) is 58.2 Å². The largest absolute Gasteiger partial charge is 0.452 e. The van der Waals surface area contributed by atoms with Crippen LogP contribution in [0.3, 0.4) is 0 Å². The number of aryl methyl sites for hydroxylation is 1. The summed E-state index contributed by atoms with van der Waals surface area (Å²) in [5, 5.41) is 3.42. The minimum atomic E-state index is -0.860. The smallest absolute Gasteiger partial charge is 0.317 e. The number of nitrogens with zero attached hydrogens (tertiary/aromatic N) is 1. The lowest BCUT2D eigenvalue weighted by Crippen LogP contribution is -2.39.